The fourth-order valence-corrected chi connectivity index (χ4v) is 3.71. The molecule has 3 aromatic rings. The van der Waals surface area contributed by atoms with Gasteiger partial charge in [0.15, 0.2) is 11.8 Å². The summed E-state index contributed by atoms with van der Waals surface area (Å²) in [4.78, 5) is 9.24. The van der Waals surface area contributed by atoms with Crippen molar-refractivity contribution in [1.29, 1.82) is 0 Å². The lowest BCUT2D eigenvalue weighted by Gasteiger charge is -2.15. The molecule has 28 heavy (non-hydrogen) atoms. The first-order valence-corrected chi connectivity index (χ1v) is 10.5. The molecule has 0 aliphatic rings. The molecule has 7 heteroatoms. The Morgan fingerprint density at radius 2 is 2.11 bits per heavy atom. The Labute approximate surface area is 170 Å². The molecule has 0 fully saturated rings. The molecule has 2 N–H and O–H groups in total. The molecule has 0 spiro atoms. The second kappa shape index (κ2) is 9.50. The molecule has 0 aromatic carbocycles. The maximum Gasteiger partial charge on any atom is 0.191 e. The maximum atomic E-state index is 4.70. The number of pyridine rings is 1. The van der Waals surface area contributed by atoms with E-state index in [0.717, 1.165) is 41.8 Å². The third kappa shape index (κ3) is 5.19. The number of aromatic nitrogens is 3. The monoisotopic (exact) mass is 396 g/mol. The number of guanidine groups is 1. The number of hydrogen-bond donors (Lipinski definition) is 2. The van der Waals surface area contributed by atoms with Crippen LogP contribution in [0, 0.1) is 13.8 Å². The Morgan fingerprint density at radius 1 is 1.25 bits per heavy atom. The van der Waals surface area contributed by atoms with E-state index in [1.807, 2.05) is 36.9 Å². The Morgan fingerprint density at radius 3 is 2.71 bits per heavy atom. The van der Waals surface area contributed by atoms with Crippen LogP contribution in [0.2, 0.25) is 0 Å². The van der Waals surface area contributed by atoms with Gasteiger partial charge in [-0.15, -0.1) is 0 Å². The van der Waals surface area contributed by atoms with Gasteiger partial charge in [0.1, 0.15) is 0 Å². The van der Waals surface area contributed by atoms with Crippen LogP contribution in [-0.4, -0.2) is 33.8 Å². The average molecular weight is 397 g/mol. The molecule has 1 atom stereocenters. The van der Waals surface area contributed by atoms with Gasteiger partial charge in [-0.05, 0) is 66.8 Å². The standard InChI is InChI=1S/C21H28N6S/c1-5-22-21(24-11-15(2)19-8-9-28-14-19)25-13-18-6-7-20(23-12-18)27-17(4)10-16(3)26-27/h6-10,12,14-15H,5,11,13H2,1-4H3,(H2,22,24,25). The van der Waals surface area contributed by atoms with Crippen LogP contribution in [-0.2, 0) is 6.54 Å². The predicted octanol–water partition coefficient (Wildman–Crippen LogP) is 3.80. The number of nitrogens with zero attached hydrogens (tertiary/aromatic N) is 4. The van der Waals surface area contributed by atoms with Gasteiger partial charge in [-0.25, -0.2) is 14.7 Å². The summed E-state index contributed by atoms with van der Waals surface area (Å²) in [5.74, 6) is 2.09. The number of rotatable bonds is 7. The Kier molecular flexibility index (Phi) is 6.81. The smallest absolute Gasteiger partial charge is 0.191 e. The van der Waals surface area contributed by atoms with Crippen molar-refractivity contribution in [3.8, 4) is 5.82 Å². The highest BCUT2D eigenvalue weighted by Crippen LogP contribution is 2.17. The SMILES string of the molecule is CCNC(=NCc1ccc(-n2nc(C)cc2C)nc1)NCC(C)c1ccsc1. The van der Waals surface area contributed by atoms with Gasteiger partial charge in [-0.1, -0.05) is 13.0 Å². The zero-order chi connectivity index (χ0) is 19.9. The molecule has 148 valence electrons. The van der Waals surface area contributed by atoms with Crippen molar-refractivity contribution in [1.82, 2.24) is 25.4 Å². The highest BCUT2D eigenvalue weighted by Gasteiger charge is 2.08. The lowest BCUT2D eigenvalue weighted by molar-refractivity contribution is 0.701. The quantitative estimate of drug-likeness (QED) is 0.471. The van der Waals surface area contributed by atoms with E-state index in [4.69, 9.17) is 4.99 Å². The first-order chi connectivity index (χ1) is 13.6. The van der Waals surface area contributed by atoms with Crippen LogP contribution in [0.1, 0.15) is 42.3 Å². The summed E-state index contributed by atoms with van der Waals surface area (Å²) in [6, 6.07) is 8.27. The molecular formula is C21H28N6S. The molecule has 0 aliphatic heterocycles. The summed E-state index contributed by atoms with van der Waals surface area (Å²) in [7, 11) is 0. The van der Waals surface area contributed by atoms with Crippen LogP contribution in [0.3, 0.4) is 0 Å². The van der Waals surface area contributed by atoms with Crippen LogP contribution in [0.4, 0.5) is 0 Å². The minimum Gasteiger partial charge on any atom is -0.357 e. The van der Waals surface area contributed by atoms with Crippen molar-refractivity contribution < 1.29 is 0 Å². The van der Waals surface area contributed by atoms with Crippen molar-refractivity contribution in [2.45, 2.75) is 40.2 Å². The van der Waals surface area contributed by atoms with E-state index in [0.29, 0.717) is 12.5 Å². The Bertz CT molecular complexity index is 896. The lowest BCUT2D eigenvalue weighted by atomic mass is 10.1. The molecule has 0 aliphatic carbocycles. The molecule has 3 heterocycles. The third-order valence-corrected chi connectivity index (χ3v) is 5.19. The molecule has 0 saturated heterocycles. The summed E-state index contributed by atoms with van der Waals surface area (Å²) in [6.45, 7) is 10.6. The van der Waals surface area contributed by atoms with Crippen molar-refractivity contribution in [3.63, 3.8) is 0 Å². The molecule has 1 unspecified atom stereocenters. The highest BCUT2D eigenvalue weighted by molar-refractivity contribution is 7.07. The van der Waals surface area contributed by atoms with Crippen LogP contribution >= 0.6 is 11.3 Å². The zero-order valence-corrected chi connectivity index (χ0v) is 17.8. The number of aryl methyl sites for hydroxylation is 2. The number of aliphatic imine (C=N–C) groups is 1. The number of thiophene rings is 1. The normalized spacial score (nSPS) is 12.8. The molecular weight excluding hydrogens is 368 g/mol. The fourth-order valence-electron chi connectivity index (χ4n) is 2.93. The Balaban J connectivity index is 1.61. The zero-order valence-electron chi connectivity index (χ0n) is 16.9. The van der Waals surface area contributed by atoms with E-state index in [1.54, 1.807) is 11.3 Å². The van der Waals surface area contributed by atoms with Gasteiger partial charge in [0, 0.05) is 25.0 Å². The molecule has 0 amide bonds. The summed E-state index contributed by atoms with van der Waals surface area (Å²) in [5.41, 5.74) is 4.49. The summed E-state index contributed by atoms with van der Waals surface area (Å²) < 4.78 is 1.86. The van der Waals surface area contributed by atoms with Crippen molar-refractivity contribution >= 4 is 17.3 Å². The van der Waals surface area contributed by atoms with E-state index >= 15 is 0 Å². The fraction of sp³-hybridized carbons (Fsp3) is 0.381. The van der Waals surface area contributed by atoms with E-state index in [1.165, 1.54) is 5.56 Å². The minimum atomic E-state index is 0.442. The third-order valence-electron chi connectivity index (χ3n) is 4.49. The summed E-state index contributed by atoms with van der Waals surface area (Å²) in [5, 5.41) is 15.5. The van der Waals surface area contributed by atoms with Crippen molar-refractivity contribution in [2.75, 3.05) is 13.1 Å². The summed E-state index contributed by atoms with van der Waals surface area (Å²) >= 11 is 1.73. The van der Waals surface area contributed by atoms with Gasteiger partial charge >= 0.3 is 0 Å². The molecule has 0 bridgehead atoms. The van der Waals surface area contributed by atoms with Gasteiger partial charge in [-0.2, -0.15) is 16.4 Å². The first kappa shape index (κ1) is 20.1. The van der Waals surface area contributed by atoms with Gasteiger partial charge < -0.3 is 10.6 Å². The second-order valence-corrected chi connectivity index (χ2v) is 7.68. The molecule has 0 saturated carbocycles. The molecule has 3 rings (SSSR count). The number of hydrogen-bond acceptors (Lipinski definition) is 4. The van der Waals surface area contributed by atoms with Crippen molar-refractivity contribution in [2.24, 2.45) is 4.99 Å². The van der Waals surface area contributed by atoms with E-state index < -0.39 is 0 Å². The van der Waals surface area contributed by atoms with Crippen LogP contribution in [0.5, 0.6) is 0 Å². The summed E-state index contributed by atoms with van der Waals surface area (Å²) in [6.07, 6.45) is 1.87. The molecule has 0 radical (unpaired) electrons. The largest absolute Gasteiger partial charge is 0.357 e. The van der Waals surface area contributed by atoms with Crippen LogP contribution in [0.15, 0.2) is 46.2 Å². The Hall–Kier alpha value is -2.67. The maximum absolute atomic E-state index is 4.70. The van der Waals surface area contributed by atoms with Gasteiger partial charge in [0.2, 0.25) is 0 Å². The predicted molar refractivity (Wildman–Crippen MR) is 116 cm³/mol. The minimum absolute atomic E-state index is 0.442. The van der Waals surface area contributed by atoms with Crippen molar-refractivity contribution in [3.05, 3.63) is 63.7 Å². The van der Waals surface area contributed by atoms with E-state index in [2.05, 4.69) is 57.5 Å². The molecule has 6 nitrogen and oxygen atoms in total. The van der Waals surface area contributed by atoms with E-state index in [-0.39, 0.29) is 0 Å². The van der Waals surface area contributed by atoms with Gasteiger partial charge in [0.05, 0.1) is 12.2 Å². The van der Waals surface area contributed by atoms with E-state index in [9.17, 15) is 0 Å². The van der Waals surface area contributed by atoms with Crippen LogP contribution < -0.4 is 10.6 Å². The second-order valence-electron chi connectivity index (χ2n) is 6.90. The lowest BCUT2D eigenvalue weighted by Crippen LogP contribution is -2.39. The topological polar surface area (TPSA) is 67.1 Å². The average Bonchev–Trinajstić information content (AvgIpc) is 3.34. The number of nitrogens with one attached hydrogen (secondary N) is 2. The van der Waals surface area contributed by atoms with Gasteiger partial charge in [0.25, 0.3) is 0 Å². The first-order valence-electron chi connectivity index (χ1n) is 9.59. The van der Waals surface area contributed by atoms with Gasteiger partial charge in [-0.3, -0.25) is 0 Å². The molecule has 3 aromatic heterocycles. The van der Waals surface area contributed by atoms with Crippen LogP contribution in [0.25, 0.3) is 5.82 Å². The highest BCUT2D eigenvalue weighted by atomic mass is 32.1.